The number of para-hydroxylation sites is 2. The molecule has 4 heterocycles. The first-order valence-electron chi connectivity index (χ1n) is 26.0. The van der Waals surface area contributed by atoms with Gasteiger partial charge in [0.15, 0.2) is 0 Å². The van der Waals surface area contributed by atoms with E-state index in [2.05, 4.69) is 278 Å². The van der Waals surface area contributed by atoms with Crippen molar-refractivity contribution in [1.29, 1.82) is 0 Å². The van der Waals surface area contributed by atoms with Gasteiger partial charge in [0.1, 0.15) is 0 Å². The van der Waals surface area contributed by atoms with Gasteiger partial charge in [-0.05, 0) is 138 Å². The van der Waals surface area contributed by atoms with E-state index in [1.54, 1.807) is 0 Å². The Balaban J connectivity index is 1.16. The molecule has 1 aliphatic carbocycles. The first-order chi connectivity index (χ1) is 34.5. The summed E-state index contributed by atoms with van der Waals surface area (Å²) < 4.78 is 0. The molecule has 5 aliphatic rings. The summed E-state index contributed by atoms with van der Waals surface area (Å²) in [5.74, 6) is 0. The van der Waals surface area contributed by atoms with Crippen LogP contribution in [0.1, 0.15) is 103 Å². The number of hydrogen-bond donors (Lipinski definition) is 0. The molecule has 0 spiro atoms. The first kappa shape index (κ1) is 44.4. The molecule has 4 aliphatic heterocycles. The molecule has 0 N–H and O–H groups in total. The molecule has 352 valence electrons. The van der Waals surface area contributed by atoms with E-state index in [9.17, 15) is 0 Å². The van der Waals surface area contributed by atoms with Crippen LogP contribution in [0.3, 0.4) is 0 Å². The Kier molecular flexibility index (Phi) is 9.54. The standard InChI is InChI=1S/C68H62BN3/c1-65(2,3)44-28-32-49(33-29-44)71-58-37-31-45(66(4,5)6)39-56(58)69-55-36-34-50(70(48-22-15-12-16-23-48)57-26-18-17-24-51(57)43-20-13-11-14-21-43)42-60(55)72-59-27-19-25-53-63(59)52-35-30-46(38-54(52)68(53,9)10)67(7,8)47-40-61(71)64(69)62(72)41-47/h11-42H,1-10H3. The quantitative estimate of drug-likeness (QED) is 0.159. The Morgan fingerprint density at radius 2 is 1.08 bits per heavy atom. The first-order valence-corrected chi connectivity index (χ1v) is 26.0. The molecule has 0 unspecified atom stereocenters. The van der Waals surface area contributed by atoms with Crippen molar-refractivity contribution in [2.75, 3.05) is 14.7 Å². The number of hydrogen-bond acceptors (Lipinski definition) is 3. The van der Waals surface area contributed by atoms with Gasteiger partial charge in [0.25, 0.3) is 6.71 Å². The number of anilines is 9. The minimum absolute atomic E-state index is 0.0310. The van der Waals surface area contributed by atoms with E-state index < -0.39 is 0 Å². The fourth-order valence-electron chi connectivity index (χ4n) is 12.6. The second kappa shape index (κ2) is 15.5. The van der Waals surface area contributed by atoms with Gasteiger partial charge in [-0.15, -0.1) is 0 Å². The molecule has 9 aromatic rings. The highest BCUT2D eigenvalue weighted by Gasteiger charge is 2.48. The van der Waals surface area contributed by atoms with Crippen LogP contribution in [0, 0.1) is 0 Å². The van der Waals surface area contributed by atoms with Crippen molar-refractivity contribution in [2.24, 2.45) is 0 Å². The van der Waals surface area contributed by atoms with Gasteiger partial charge in [0.2, 0.25) is 0 Å². The molecule has 0 saturated carbocycles. The molecule has 3 nitrogen and oxygen atoms in total. The van der Waals surface area contributed by atoms with Crippen molar-refractivity contribution in [2.45, 2.75) is 90.9 Å². The molecular weight excluding hydrogens is 870 g/mol. The van der Waals surface area contributed by atoms with Crippen molar-refractivity contribution < 1.29 is 0 Å². The average molecular weight is 932 g/mol. The van der Waals surface area contributed by atoms with E-state index in [0.717, 1.165) is 17.1 Å². The second-order valence-corrected chi connectivity index (χ2v) is 23.9. The number of nitrogens with zero attached hydrogens (tertiary/aromatic N) is 3. The van der Waals surface area contributed by atoms with Gasteiger partial charge in [0.05, 0.1) is 11.4 Å². The van der Waals surface area contributed by atoms with Crippen molar-refractivity contribution in [1.82, 2.24) is 0 Å². The summed E-state index contributed by atoms with van der Waals surface area (Å²) in [6.45, 7) is 23.7. The third-order valence-corrected chi connectivity index (χ3v) is 16.8. The van der Waals surface area contributed by atoms with E-state index in [1.165, 1.54) is 106 Å². The van der Waals surface area contributed by atoms with Crippen molar-refractivity contribution >= 4 is 74.3 Å². The van der Waals surface area contributed by atoms with E-state index in [0.29, 0.717) is 0 Å². The third-order valence-electron chi connectivity index (χ3n) is 16.8. The third kappa shape index (κ3) is 6.50. The number of fused-ring (bicyclic) bond motifs is 5. The van der Waals surface area contributed by atoms with Crippen molar-refractivity contribution in [3.05, 3.63) is 228 Å². The lowest BCUT2D eigenvalue weighted by Crippen LogP contribution is -2.61. The Labute approximate surface area is 427 Å². The molecule has 14 rings (SSSR count). The maximum atomic E-state index is 2.68. The lowest BCUT2D eigenvalue weighted by molar-refractivity contribution is 0.590. The highest BCUT2D eigenvalue weighted by molar-refractivity contribution is 7.00. The molecule has 0 saturated heterocycles. The van der Waals surface area contributed by atoms with Crippen molar-refractivity contribution in [3.63, 3.8) is 0 Å². The van der Waals surface area contributed by atoms with Crippen LogP contribution in [-0.4, -0.2) is 6.71 Å². The fourth-order valence-corrected chi connectivity index (χ4v) is 12.6. The number of rotatable bonds is 5. The molecule has 9 aromatic carbocycles. The van der Waals surface area contributed by atoms with Crippen LogP contribution in [0.4, 0.5) is 51.2 Å². The van der Waals surface area contributed by atoms with Crippen LogP contribution >= 0.6 is 0 Å². The molecule has 4 heteroatoms. The van der Waals surface area contributed by atoms with Gasteiger partial charge < -0.3 is 14.7 Å². The van der Waals surface area contributed by atoms with Crippen LogP contribution < -0.4 is 31.1 Å². The topological polar surface area (TPSA) is 9.72 Å². The van der Waals surface area contributed by atoms with Gasteiger partial charge in [-0.2, -0.15) is 0 Å². The summed E-state index contributed by atoms with van der Waals surface area (Å²) in [5, 5.41) is 0. The smallest absolute Gasteiger partial charge is 0.252 e. The fraction of sp³-hybridized carbons (Fsp3) is 0.206. The van der Waals surface area contributed by atoms with E-state index in [-0.39, 0.29) is 28.4 Å². The van der Waals surface area contributed by atoms with Gasteiger partial charge in [-0.3, -0.25) is 0 Å². The maximum Gasteiger partial charge on any atom is 0.252 e. The van der Waals surface area contributed by atoms with Gasteiger partial charge in [-0.1, -0.05) is 197 Å². The molecule has 0 radical (unpaired) electrons. The lowest BCUT2D eigenvalue weighted by Gasteiger charge is -2.46. The normalized spacial score (nSPS) is 15.2. The maximum absolute atomic E-state index is 2.68. The van der Waals surface area contributed by atoms with E-state index >= 15 is 0 Å². The van der Waals surface area contributed by atoms with Gasteiger partial charge in [-0.25, -0.2) is 0 Å². The number of benzene rings is 9. The van der Waals surface area contributed by atoms with E-state index in [1.807, 2.05) is 0 Å². The summed E-state index contributed by atoms with van der Waals surface area (Å²) in [6.07, 6.45) is 0. The summed E-state index contributed by atoms with van der Waals surface area (Å²) >= 11 is 0. The minimum Gasteiger partial charge on any atom is -0.311 e. The Morgan fingerprint density at radius 3 is 1.81 bits per heavy atom. The molecule has 0 amide bonds. The molecule has 0 fully saturated rings. The Bertz CT molecular complexity index is 3670. The van der Waals surface area contributed by atoms with Crippen LogP contribution in [0.15, 0.2) is 194 Å². The Morgan fingerprint density at radius 1 is 0.417 bits per heavy atom. The van der Waals surface area contributed by atoms with Crippen LogP contribution in [0.5, 0.6) is 0 Å². The lowest BCUT2D eigenvalue weighted by atomic mass is 9.33. The monoisotopic (exact) mass is 932 g/mol. The van der Waals surface area contributed by atoms with Crippen LogP contribution in [-0.2, 0) is 21.7 Å². The highest BCUT2D eigenvalue weighted by Crippen LogP contribution is 2.58. The summed E-state index contributed by atoms with van der Waals surface area (Å²) in [4.78, 5) is 7.75. The SMILES string of the molecule is CC(C)(C)c1ccc(N2c3ccc(C(C)(C)C)cc3B3c4ccc(N(c5ccccc5)c5ccccc5-c5ccccc5)cc4N4c5cc(cc2c53)C(C)(C)c2ccc3c(c2)C(C)(C)c2cccc4c2-3)cc1. The molecule has 6 bridgehead atoms. The molecule has 0 atom stereocenters. The van der Waals surface area contributed by atoms with Gasteiger partial charge >= 0.3 is 0 Å². The zero-order chi connectivity index (χ0) is 49.6. The van der Waals surface area contributed by atoms with Crippen LogP contribution in [0.2, 0.25) is 0 Å². The second-order valence-electron chi connectivity index (χ2n) is 23.9. The minimum atomic E-state index is -0.333. The predicted molar refractivity (Wildman–Crippen MR) is 308 cm³/mol. The summed E-state index contributed by atoms with van der Waals surface area (Å²) in [5.41, 5.74) is 27.2. The van der Waals surface area contributed by atoms with Crippen molar-refractivity contribution in [3.8, 4) is 22.3 Å². The summed E-state index contributed by atoms with van der Waals surface area (Å²) in [7, 11) is 0. The molecular formula is C68H62BN3. The zero-order valence-electron chi connectivity index (χ0n) is 43.4. The predicted octanol–water partition coefficient (Wildman–Crippen LogP) is 16.4. The van der Waals surface area contributed by atoms with Gasteiger partial charge in [0, 0.05) is 61.8 Å². The summed E-state index contributed by atoms with van der Waals surface area (Å²) in [6, 6.07) is 74.4. The van der Waals surface area contributed by atoms with Crippen LogP contribution in [0.25, 0.3) is 22.3 Å². The largest absolute Gasteiger partial charge is 0.311 e. The average Bonchev–Trinajstić information content (AvgIpc) is 3.60. The zero-order valence-corrected chi connectivity index (χ0v) is 43.4. The molecule has 72 heavy (non-hydrogen) atoms. The molecule has 0 aromatic heterocycles. The Hall–Kier alpha value is -7.56. The van der Waals surface area contributed by atoms with E-state index in [4.69, 9.17) is 0 Å². The highest BCUT2D eigenvalue weighted by atomic mass is 15.2.